The molecule has 1 atom stereocenters. The van der Waals surface area contributed by atoms with Crippen molar-refractivity contribution in [3.05, 3.63) is 38.0 Å². The van der Waals surface area contributed by atoms with Crippen LogP contribution in [0.3, 0.4) is 0 Å². The summed E-state index contributed by atoms with van der Waals surface area (Å²) < 4.78 is 0. The molecule has 0 radical (unpaired) electrons. The quantitative estimate of drug-likeness (QED) is 0.852. The van der Waals surface area contributed by atoms with Crippen LogP contribution in [-0.2, 0) is 0 Å². The van der Waals surface area contributed by atoms with Crippen molar-refractivity contribution in [1.29, 1.82) is 0 Å². The topological polar surface area (TPSA) is 62.2 Å². The molecule has 2 aromatic heterocycles. The Morgan fingerprint density at radius 2 is 2.38 bits per heavy atom. The number of nitrogens with zero attached hydrogens (tertiary/aromatic N) is 1. The highest BCUT2D eigenvalue weighted by Gasteiger charge is 2.17. The third-order valence-electron chi connectivity index (χ3n) is 2.69. The number of aromatic nitrogens is 1. The van der Waals surface area contributed by atoms with E-state index in [0.717, 1.165) is 9.88 Å². The van der Waals surface area contributed by atoms with Gasteiger partial charge in [0.2, 0.25) is 0 Å². The maximum atomic E-state index is 12.3. The molecule has 0 aromatic carbocycles. The van der Waals surface area contributed by atoms with Crippen LogP contribution in [0.25, 0.3) is 0 Å². The Hall–Kier alpha value is -1.68. The highest BCUT2D eigenvalue weighted by atomic mass is 32.1. The minimum atomic E-state index is -0.140. The number of aryl methyl sites for hydroxylation is 1. The van der Waals surface area contributed by atoms with E-state index in [-0.39, 0.29) is 18.6 Å². The van der Waals surface area contributed by atoms with Crippen molar-refractivity contribution < 1.29 is 9.90 Å². The molecule has 110 valence electrons. The molecule has 4 nitrogen and oxygen atoms in total. The van der Waals surface area contributed by atoms with Crippen LogP contribution in [0.15, 0.2) is 17.6 Å². The van der Waals surface area contributed by atoms with Crippen LogP contribution in [0.1, 0.15) is 44.5 Å². The SMILES string of the molecule is Cc1cnc(C(C)NC(=O)c2sccc2C#CCCO)s1. The predicted molar refractivity (Wildman–Crippen MR) is 85.6 cm³/mol. The number of rotatable bonds is 4. The smallest absolute Gasteiger partial charge is 0.263 e. The van der Waals surface area contributed by atoms with Crippen LogP contribution in [0.5, 0.6) is 0 Å². The second-order valence-corrected chi connectivity index (χ2v) is 6.63. The fraction of sp³-hybridized carbons (Fsp3) is 0.333. The molecule has 0 aliphatic rings. The van der Waals surface area contributed by atoms with Gasteiger partial charge in [0, 0.05) is 23.1 Å². The third-order valence-corrected chi connectivity index (χ3v) is 4.70. The Morgan fingerprint density at radius 3 is 3.05 bits per heavy atom. The molecule has 1 unspecified atom stereocenters. The molecule has 0 saturated carbocycles. The van der Waals surface area contributed by atoms with Crippen LogP contribution in [0, 0.1) is 18.8 Å². The first kappa shape index (κ1) is 15.7. The summed E-state index contributed by atoms with van der Waals surface area (Å²) in [6.45, 7) is 3.93. The number of thiophene rings is 1. The lowest BCUT2D eigenvalue weighted by Gasteiger charge is -2.10. The number of aliphatic hydroxyl groups excluding tert-OH is 1. The summed E-state index contributed by atoms with van der Waals surface area (Å²) in [6, 6.07) is 1.69. The maximum Gasteiger partial charge on any atom is 0.263 e. The normalized spacial score (nSPS) is 11.6. The highest BCUT2D eigenvalue weighted by Crippen LogP contribution is 2.21. The number of thiazole rings is 1. The first-order valence-corrected chi connectivity index (χ1v) is 8.22. The molecule has 6 heteroatoms. The van der Waals surface area contributed by atoms with E-state index in [2.05, 4.69) is 22.1 Å². The lowest BCUT2D eigenvalue weighted by Crippen LogP contribution is -2.26. The van der Waals surface area contributed by atoms with Crippen molar-refractivity contribution in [3.63, 3.8) is 0 Å². The van der Waals surface area contributed by atoms with Crippen LogP contribution in [0.4, 0.5) is 0 Å². The van der Waals surface area contributed by atoms with Crippen molar-refractivity contribution in [3.8, 4) is 11.8 Å². The number of carbonyl (C=O) groups excluding carboxylic acids is 1. The van der Waals surface area contributed by atoms with Crippen LogP contribution in [-0.4, -0.2) is 22.6 Å². The minimum absolute atomic E-state index is 0.0269. The number of aliphatic hydroxyl groups is 1. The van der Waals surface area contributed by atoms with E-state index in [9.17, 15) is 4.79 Å². The number of hydrogen-bond donors (Lipinski definition) is 2. The van der Waals surface area contributed by atoms with E-state index in [0.29, 0.717) is 16.9 Å². The summed E-state index contributed by atoms with van der Waals surface area (Å²) in [6.07, 6.45) is 2.21. The van der Waals surface area contributed by atoms with Gasteiger partial charge in [0.15, 0.2) is 0 Å². The Labute approximate surface area is 131 Å². The van der Waals surface area contributed by atoms with Gasteiger partial charge in [-0.25, -0.2) is 4.98 Å². The summed E-state index contributed by atoms with van der Waals surface area (Å²) in [7, 11) is 0. The van der Waals surface area contributed by atoms with E-state index in [1.807, 2.05) is 25.3 Å². The number of hydrogen-bond acceptors (Lipinski definition) is 5. The number of nitrogens with one attached hydrogen (secondary N) is 1. The second kappa shape index (κ2) is 7.36. The largest absolute Gasteiger partial charge is 0.395 e. The monoisotopic (exact) mass is 320 g/mol. The van der Waals surface area contributed by atoms with Gasteiger partial charge in [-0.2, -0.15) is 0 Å². The lowest BCUT2D eigenvalue weighted by molar-refractivity contribution is 0.0943. The van der Waals surface area contributed by atoms with Gasteiger partial charge in [-0.3, -0.25) is 4.79 Å². The van der Waals surface area contributed by atoms with Gasteiger partial charge in [0.25, 0.3) is 5.91 Å². The van der Waals surface area contributed by atoms with Gasteiger partial charge in [-0.05, 0) is 25.3 Å². The molecule has 2 heterocycles. The molecular weight excluding hydrogens is 304 g/mol. The average molecular weight is 320 g/mol. The van der Waals surface area contributed by atoms with Gasteiger partial charge >= 0.3 is 0 Å². The van der Waals surface area contributed by atoms with E-state index >= 15 is 0 Å². The fourth-order valence-electron chi connectivity index (χ4n) is 1.69. The van der Waals surface area contributed by atoms with Crippen LogP contribution >= 0.6 is 22.7 Å². The zero-order valence-electron chi connectivity index (χ0n) is 11.8. The Bertz CT molecular complexity index is 679. The van der Waals surface area contributed by atoms with Crippen molar-refractivity contribution in [2.24, 2.45) is 0 Å². The molecule has 0 spiro atoms. The van der Waals surface area contributed by atoms with Gasteiger partial charge < -0.3 is 10.4 Å². The second-order valence-electron chi connectivity index (χ2n) is 4.44. The van der Waals surface area contributed by atoms with E-state index < -0.39 is 0 Å². The molecule has 0 aliphatic heterocycles. The number of amides is 1. The molecule has 0 aliphatic carbocycles. The zero-order chi connectivity index (χ0) is 15.2. The molecule has 21 heavy (non-hydrogen) atoms. The van der Waals surface area contributed by atoms with Crippen molar-refractivity contribution >= 4 is 28.6 Å². The molecular formula is C15H16N2O2S2. The summed E-state index contributed by atoms with van der Waals surface area (Å²) >= 11 is 2.94. The molecule has 1 amide bonds. The minimum Gasteiger partial charge on any atom is -0.395 e. The standard InChI is InChI=1S/C15H16N2O2S2/c1-10-9-16-15(21-10)11(2)17-14(19)13-12(6-8-20-13)5-3-4-7-18/h6,8-9,11,18H,4,7H2,1-2H3,(H,17,19). The van der Waals surface area contributed by atoms with Crippen molar-refractivity contribution in [2.75, 3.05) is 6.61 Å². The lowest BCUT2D eigenvalue weighted by atomic mass is 10.2. The summed E-state index contributed by atoms with van der Waals surface area (Å²) in [5, 5.41) is 14.4. The van der Waals surface area contributed by atoms with Gasteiger partial charge in [-0.1, -0.05) is 11.8 Å². The molecule has 0 saturated heterocycles. The highest BCUT2D eigenvalue weighted by molar-refractivity contribution is 7.12. The zero-order valence-corrected chi connectivity index (χ0v) is 13.5. The summed E-state index contributed by atoms with van der Waals surface area (Å²) in [5.74, 6) is 5.62. The third kappa shape index (κ3) is 4.14. The van der Waals surface area contributed by atoms with Gasteiger partial charge in [0.1, 0.15) is 9.88 Å². The van der Waals surface area contributed by atoms with Gasteiger partial charge in [-0.15, -0.1) is 22.7 Å². The van der Waals surface area contributed by atoms with Crippen LogP contribution < -0.4 is 5.32 Å². The van der Waals surface area contributed by atoms with Crippen molar-refractivity contribution in [1.82, 2.24) is 10.3 Å². The predicted octanol–water partition coefficient (Wildman–Crippen LogP) is 2.74. The first-order chi connectivity index (χ1) is 10.1. The molecule has 2 N–H and O–H groups in total. The average Bonchev–Trinajstić information content (AvgIpc) is 3.08. The van der Waals surface area contributed by atoms with Crippen molar-refractivity contribution in [2.45, 2.75) is 26.3 Å². The van der Waals surface area contributed by atoms with Crippen LogP contribution in [0.2, 0.25) is 0 Å². The Kier molecular flexibility index (Phi) is 5.51. The van der Waals surface area contributed by atoms with E-state index in [1.165, 1.54) is 11.3 Å². The van der Waals surface area contributed by atoms with E-state index in [1.54, 1.807) is 17.5 Å². The Balaban J connectivity index is 2.07. The summed E-state index contributed by atoms with van der Waals surface area (Å²) in [4.78, 5) is 18.3. The fourth-order valence-corrected chi connectivity index (χ4v) is 3.22. The molecule has 2 rings (SSSR count). The molecule has 0 fully saturated rings. The molecule has 2 aromatic rings. The van der Waals surface area contributed by atoms with E-state index in [4.69, 9.17) is 5.11 Å². The summed E-state index contributed by atoms with van der Waals surface area (Å²) in [5.41, 5.74) is 0.702. The molecule has 0 bridgehead atoms. The Morgan fingerprint density at radius 1 is 1.57 bits per heavy atom. The maximum absolute atomic E-state index is 12.3. The first-order valence-electron chi connectivity index (χ1n) is 6.52. The number of carbonyl (C=O) groups is 1. The van der Waals surface area contributed by atoms with Gasteiger partial charge in [0.05, 0.1) is 12.6 Å².